The van der Waals surface area contributed by atoms with Gasteiger partial charge in [-0.1, -0.05) is 37.4 Å². The third-order valence-electron chi connectivity index (χ3n) is 4.32. The lowest BCUT2D eigenvalue weighted by atomic mass is 9.87. The fourth-order valence-corrected chi connectivity index (χ4v) is 3.43. The standard InChI is InChI=1S/C17H21ClN2/c1-12-4-2-5-14(10-12)20-11-13-7-8-16(18)15-6-3-9-19-17(13)15/h3,6-9,12,14,20H,2,4-5,10-11H2,1H3. The number of hydrogen-bond acceptors (Lipinski definition) is 2. The molecule has 1 heterocycles. The van der Waals surface area contributed by atoms with Crippen molar-refractivity contribution >= 4 is 22.5 Å². The van der Waals surface area contributed by atoms with Crippen molar-refractivity contribution in [2.24, 2.45) is 5.92 Å². The molecule has 1 fully saturated rings. The van der Waals surface area contributed by atoms with Crippen molar-refractivity contribution in [3.63, 3.8) is 0 Å². The maximum absolute atomic E-state index is 6.24. The Balaban J connectivity index is 1.76. The van der Waals surface area contributed by atoms with E-state index in [2.05, 4.69) is 23.3 Å². The van der Waals surface area contributed by atoms with Crippen LogP contribution in [0, 0.1) is 5.92 Å². The van der Waals surface area contributed by atoms with E-state index in [4.69, 9.17) is 11.6 Å². The van der Waals surface area contributed by atoms with Gasteiger partial charge < -0.3 is 5.32 Å². The van der Waals surface area contributed by atoms with E-state index in [9.17, 15) is 0 Å². The smallest absolute Gasteiger partial charge is 0.0761 e. The topological polar surface area (TPSA) is 24.9 Å². The van der Waals surface area contributed by atoms with E-state index in [0.717, 1.165) is 28.4 Å². The van der Waals surface area contributed by atoms with Crippen LogP contribution in [0.2, 0.25) is 5.02 Å². The lowest BCUT2D eigenvalue weighted by molar-refractivity contribution is 0.301. The van der Waals surface area contributed by atoms with E-state index in [1.807, 2.05) is 24.4 Å². The minimum atomic E-state index is 0.646. The Labute approximate surface area is 125 Å². The fourth-order valence-electron chi connectivity index (χ4n) is 3.21. The Morgan fingerprint density at radius 2 is 2.20 bits per heavy atom. The van der Waals surface area contributed by atoms with Crippen molar-refractivity contribution in [2.45, 2.75) is 45.2 Å². The number of fused-ring (bicyclic) bond motifs is 1. The molecule has 3 rings (SSSR count). The summed E-state index contributed by atoms with van der Waals surface area (Å²) in [6, 6.07) is 8.70. The van der Waals surface area contributed by atoms with Gasteiger partial charge in [-0.2, -0.15) is 0 Å². The summed E-state index contributed by atoms with van der Waals surface area (Å²) in [5.74, 6) is 0.848. The molecular weight excluding hydrogens is 268 g/mol. The first-order valence-corrected chi connectivity index (χ1v) is 7.87. The van der Waals surface area contributed by atoms with Crippen molar-refractivity contribution in [3.05, 3.63) is 41.0 Å². The van der Waals surface area contributed by atoms with Gasteiger partial charge in [0.2, 0.25) is 0 Å². The summed E-state index contributed by atoms with van der Waals surface area (Å²) in [5.41, 5.74) is 2.26. The predicted molar refractivity (Wildman–Crippen MR) is 85.0 cm³/mol. The summed E-state index contributed by atoms with van der Waals surface area (Å²) in [5, 5.41) is 5.52. The largest absolute Gasteiger partial charge is 0.310 e. The molecule has 2 nitrogen and oxygen atoms in total. The highest BCUT2D eigenvalue weighted by atomic mass is 35.5. The average Bonchev–Trinajstić information content (AvgIpc) is 2.47. The molecule has 0 bridgehead atoms. The van der Waals surface area contributed by atoms with E-state index in [1.165, 1.54) is 31.2 Å². The maximum atomic E-state index is 6.24. The van der Waals surface area contributed by atoms with Gasteiger partial charge in [0.15, 0.2) is 0 Å². The number of aromatic nitrogens is 1. The number of halogens is 1. The quantitative estimate of drug-likeness (QED) is 0.896. The van der Waals surface area contributed by atoms with Gasteiger partial charge in [-0.3, -0.25) is 4.98 Å². The van der Waals surface area contributed by atoms with E-state index >= 15 is 0 Å². The van der Waals surface area contributed by atoms with Gasteiger partial charge in [0.1, 0.15) is 0 Å². The van der Waals surface area contributed by atoms with E-state index in [-0.39, 0.29) is 0 Å². The Hall–Kier alpha value is -1.12. The molecule has 0 amide bonds. The molecule has 106 valence electrons. The summed E-state index contributed by atoms with van der Waals surface area (Å²) >= 11 is 6.24. The molecule has 1 N–H and O–H groups in total. The molecule has 0 radical (unpaired) electrons. The Bertz CT molecular complexity index is 597. The van der Waals surface area contributed by atoms with E-state index in [1.54, 1.807) is 0 Å². The third kappa shape index (κ3) is 2.97. The van der Waals surface area contributed by atoms with Crippen molar-refractivity contribution in [1.82, 2.24) is 10.3 Å². The molecule has 2 aromatic rings. The van der Waals surface area contributed by atoms with Crippen LogP contribution in [0.15, 0.2) is 30.5 Å². The maximum Gasteiger partial charge on any atom is 0.0761 e. The van der Waals surface area contributed by atoms with Gasteiger partial charge in [-0.25, -0.2) is 0 Å². The van der Waals surface area contributed by atoms with Gasteiger partial charge in [0.25, 0.3) is 0 Å². The summed E-state index contributed by atoms with van der Waals surface area (Å²) in [6.45, 7) is 3.23. The highest BCUT2D eigenvalue weighted by Crippen LogP contribution is 2.26. The van der Waals surface area contributed by atoms with Crippen molar-refractivity contribution in [1.29, 1.82) is 0 Å². The van der Waals surface area contributed by atoms with Gasteiger partial charge in [-0.05, 0) is 42.5 Å². The minimum Gasteiger partial charge on any atom is -0.310 e. The van der Waals surface area contributed by atoms with Gasteiger partial charge in [0.05, 0.1) is 5.52 Å². The van der Waals surface area contributed by atoms with Crippen LogP contribution in [0.3, 0.4) is 0 Å². The molecule has 20 heavy (non-hydrogen) atoms. The van der Waals surface area contributed by atoms with Crippen LogP contribution in [-0.4, -0.2) is 11.0 Å². The molecule has 0 saturated heterocycles. The molecule has 2 atom stereocenters. The van der Waals surface area contributed by atoms with Crippen molar-refractivity contribution in [3.8, 4) is 0 Å². The Morgan fingerprint density at radius 3 is 3.05 bits per heavy atom. The zero-order valence-corrected chi connectivity index (χ0v) is 12.7. The second kappa shape index (κ2) is 6.11. The second-order valence-corrected chi connectivity index (χ2v) is 6.36. The van der Waals surface area contributed by atoms with Crippen LogP contribution >= 0.6 is 11.6 Å². The van der Waals surface area contributed by atoms with Gasteiger partial charge in [0, 0.05) is 29.2 Å². The highest BCUT2D eigenvalue weighted by Gasteiger charge is 2.18. The normalized spacial score (nSPS) is 23.1. The van der Waals surface area contributed by atoms with E-state index in [0.29, 0.717) is 6.04 Å². The zero-order chi connectivity index (χ0) is 13.9. The van der Waals surface area contributed by atoms with E-state index < -0.39 is 0 Å². The molecule has 1 aliphatic rings. The highest BCUT2D eigenvalue weighted by molar-refractivity contribution is 6.35. The average molecular weight is 289 g/mol. The molecule has 1 aliphatic carbocycles. The summed E-state index contributed by atoms with van der Waals surface area (Å²) in [4.78, 5) is 4.50. The molecule has 1 aromatic heterocycles. The number of rotatable bonds is 3. The molecule has 3 heteroatoms. The lowest BCUT2D eigenvalue weighted by Gasteiger charge is -2.27. The van der Waals surface area contributed by atoms with Gasteiger partial charge in [-0.15, -0.1) is 0 Å². The summed E-state index contributed by atoms with van der Waals surface area (Å²) in [6.07, 6.45) is 7.15. The minimum absolute atomic E-state index is 0.646. The van der Waals surface area contributed by atoms with Crippen molar-refractivity contribution < 1.29 is 0 Å². The van der Waals surface area contributed by atoms with Gasteiger partial charge >= 0.3 is 0 Å². The molecule has 1 saturated carbocycles. The Kier molecular flexibility index (Phi) is 4.23. The SMILES string of the molecule is CC1CCCC(NCc2ccc(Cl)c3cccnc23)C1. The first-order valence-electron chi connectivity index (χ1n) is 7.49. The van der Waals surface area contributed by atoms with Crippen LogP contribution in [0.1, 0.15) is 38.2 Å². The second-order valence-electron chi connectivity index (χ2n) is 5.96. The number of nitrogens with zero attached hydrogens (tertiary/aromatic N) is 1. The molecule has 2 unspecified atom stereocenters. The van der Waals surface area contributed by atoms with Crippen LogP contribution in [0.4, 0.5) is 0 Å². The summed E-state index contributed by atoms with van der Waals surface area (Å²) in [7, 11) is 0. The van der Waals surface area contributed by atoms with Crippen LogP contribution in [0.25, 0.3) is 10.9 Å². The number of benzene rings is 1. The van der Waals surface area contributed by atoms with Crippen LogP contribution < -0.4 is 5.32 Å². The number of nitrogens with one attached hydrogen (secondary N) is 1. The van der Waals surface area contributed by atoms with Crippen molar-refractivity contribution in [2.75, 3.05) is 0 Å². The third-order valence-corrected chi connectivity index (χ3v) is 4.65. The first kappa shape index (κ1) is 13.8. The summed E-state index contributed by atoms with van der Waals surface area (Å²) < 4.78 is 0. The molecular formula is C17H21ClN2. The molecule has 1 aromatic carbocycles. The number of hydrogen-bond donors (Lipinski definition) is 1. The number of pyridine rings is 1. The molecule has 0 spiro atoms. The Morgan fingerprint density at radius 1 is 1.30 bits per heavy atom. The fraction of sp³-hybridized carbons (Fsp3) is 0.471. The van der Waals surface area contributed by atoms with Crippen LogP contribution in [0.5, 0.6) is 0 Å². The molecule has 0 aliphatic heterocycles. The van der Waals surface area contributed by atoms with Crippen LogP contribution in [-0.2, 0) is 6.54 Å². The first-order chi connectivity index (χ1) is 9.74. The monoisotopic (exact) mass is 288 g/mol. The zero-order valence-electron chi connectivity index (χ0n) is 11.9. The predicted octanol–water partition coefficient (Wildman–Crippen LogP) is 4.56. The lowest BCUT2D eigenvalue weighted by Crippen LogP contribution is -2.33.